The van der Waals surface area contributed by atoms with E-state index in [0.29, 0.717) is 17.7 Å². The Hall–Kier alpha value is -1.88. The van der Waals surface area contributed by atoms with E-state index in [1.807, 2.05) is 27.7 Å². The average Bonchev–Trinajstić information content (AvgIpc) is 2.38. The zero-order valence-corrected chi connectivity index (χ0v) is 13.2. The van der Waals surface area contributed by atoms with Crippen LogP contribution >= 0.6 is 0 Å². The summed E-state index contributed by atoms with van der Waals surface area (Å²) in [7, 11) is 0. The van der Waals surface area contributed by atoms with E-state index >= 15 is 0 Å². The SMILES string of the molecule is CCNC(C)CC(=O)Nc1ccc(C(=O)NC(C)C)cc1. The van der Waals surface area contributed by atoms with Crippen LogP contribution in [-0.2, 0) is 4.79 Å². The second kappa shape index (κ2) is 8.42. The molecule has 0 aromatic heterocycles. The molecule has 0 saturated carbocycles. The number of carbonyl (C=O) groups excluding carboxylic acids is 2. The fourth-order valence-corrected chi connectivity index (χ4v) is 1.96. The predicted octanol–water partition coefficient (Wildman–Crippen LogP) is 2.15. The van der Waals surface area contributed by atoms with Crippen molar-refractivity contribution < 1.29 is 9.59 Å². The zero-order valence-electron chi connectivity index (χ0n) is 13.2. The van der Waals surface area contributed by atoms with Gasteiger partial charge in [-0.2, -0.15) is 0 Å². The van der Waals surface area contributed by atoms with Gasteiger partial charge in [0.05, 0.1) is 0 Å². The van der Waals surface area contributed by atoms with Crippen LogP contribution in [0, 0.1) is 0 Å². The van der Waals surface area contributed by atoms with Crippen LogP contribution in [0.1, 0.15) is 44.5 Å². The fourth-order valence-electron chi connectivity index (χ4n) is 1.96. The first kappa shape index (κ1) is 17.2. The molecule has 0 bridgehead atoms. The third kappa shape index (κ3) is 6.40. The smallest absolute Gasteiger partial charge is 0.251 e. The summed E-state index contributed by atoms with van der Waals surface area (Å²) in [6.07, 6.45) is 0.420. The lowest BCUT2D eigenvalue weighted by molar-refractivity contribution is -0.116. The Balaban J connectivity index is 2.54. The van der Waals surface area contributed by atoms with E-state index in [0.717, 1.165) is 6.54 Å². The Morgan fingerprint density at radius 2 is 1.71 bits per heavy atom. The van der Waals surface area contributed by atoms with Crippen molar-refractivity contribution in [3.8, 4) is 0 Å². The lowest BCUT2D eigenvalue weighted by Gasteiger charge is -2.12. The molecule has 5 heteroatoms. The highest BCUT2D eigenvalue weighted by molar-refractivity contribution is 5.96. The molecular formula is C16H25N3O2. The van der Waals surface area contributed by atoms with Crippen LogP contribution in [0.25, 0.3) is 0 Å². The molecule has 0 aliphatic rings. The highest BCUT2D eigenvalue weighted by atomic mass is 16.2. The summed E-state index contributed by atoms with van der Waals surface area (Å²) in [5.74, 6) is -0.147. The van der Waals surface area contributed by atoms with Gasteiger partial charge in [-0.3, -0.25) is 9.59 Å². The van der Waals surface area contributed by atoms with E-state index in [2.05, 4.69) is 16.0 Å². The topological polar surface area (TPSA) is 70.2 Å². The molecule has 0 fully saturated rings. The molecule has 1 aromatic rings. The lowest BCUT2D eigenvalue weighted by atomic mass is 10.1. The van der Waals surface area contributed by atoms with Crippen LogP contribution in [0.4, 0.5) is 5.69 Å². The molecule has 3 N–H and O–H groups in total. The summed E-state index contributed by atoms with van der Waals surface area (Å²) in [5.41, 5.74) is 1.28. The van der Waals surface area contributed by atoms with Gasteiger partial charge in [0.1, 0.15) is 0 Å². The van der Waals surface area contributed by atoms with E-state index in [9.17, 15) is 9.59 Å². The lowest BCUT2D eigenvalue weighted by Crippen LogP contribution is -2.30. The normalized spacial score (nSPS) is 12.0. The van der Waals surface area contributed by atoms with Gasteiger partial charge in [0, 0.05) is 29.8 Å². The largest absolute Gasteiger partial charge is 0.350 e. The Kier molecular flexibility index (Phi) is 6.88. The van der Waals surface area contributed by atoms with E-state index in [-0.39, 0.29) is 23.9 Å². The number of rotatable bonds is 7. The van der Waals surface area contributed by atoms with Crippen LogP contribution < -0.4 is 16.0 Å². The summed E-state index contributed by atoms with van der Waals surface area (Å²) in [4.78, 5) is 23.6. The zero-order chi connectivity index (χ0) is 15.8. The van der Waals surface area contributed by atoms with Gasteiger partial charge in [-0.25, -0.2) is 0 Å². The van der Waals surface area contributed by atoms with Crippen molar-refractivity contribution in [2.45, 2.75) is 46.2 Å². The molecule has 2 amide bonds. The average molecular weight is 291 g/mol. The van der Waals surface area contributed by atoms with Gasteiger partial charge in [0.2, 0.25) is 5.91 Å². The number of hydrogen-bond donors (Lipinski definition) is 3. The maximum atomic E-state index is 11.8. The van der Waals surface area contributed by atoms with Crippen molar-refractivity contribution >= 4 is 17.5 Å². The maximum Gasteiger partial charge on any atom is 0.251 e. The van der Waals surface area contributed by atoms with E-state index in [1.165, 1.54) is 0 Å². The molecule has 0 heterocycles. The molecule has 1 atom stereocenters. The minimum absolute atomic E-state index is 0.0390. The van der Waals surface area contributed by atoms with Gasteiger partial charge >= 0.3 is 0 Å². The molecule has 5 nitrogen and oxygen atoms in total. The first-order valence-corrected chi connectivity index (χ1v) is 7.36. The summed E-state index contributed by atoms with van der Waals surface area (Å²) < 4.78 is 0. The molecule has 0 radical (unpaired) electrons. The summed E-state index contributed by atoms with van der Waals surface area (Å²) in [6, 6.07) is 7.15. The number of nitrogens with one attached hydrogen (secondary N) is 3. The van der Waals surface area contributed by atoms with Gasteiger partial charge in [-0.1, -0.05) is 6.92 Å². The molecule has 0 aliphatic heterocycles. The van der Waals surface area contributed by atoms with Crippen LogP contribution in [0.2, 0.25) is 0 Å². The van der Waals surface area contributed by atoms with Gasteiger partial charge in [-0.15, -0.1) is 0 Å². The third-order valence-corrected chi connectivity index (χ3v) is 2.89. The van der Waals surface area contributed by atoms with Crippen molar-refractivity contribution in [1.29, 1.82) is 0 Å². The highest BCUT2D eigenvalue weighted by Gasteiger charge is 2.09. The highest BCUT2D eigenvalue weighted by Crippen LogP contribution is 2.10. The van der Waals surface area contributed by atoms with Crippen molar-refractivity contribution in [3.63, 3.8) is 0 Å². The van der Waals surface area contributed by atoms with Crippen LogP contribution in [0.15, 0.2) is 24.3 Å². The monoisotopic (exact) mass is 291 g/mol. The van der Waals surface area contributed by atoms with Gasteiger partial charge < -0.3 is 16.0 Å². The van der Waals surface area contributed by atoms with Gasteiger partial charge in [0.25, 0.3) is 5.91 Å². The van der Waals surface area contributed by atoms with Crippen molar-refractivity contribution in [1.82, 2.24) is 10.6 Å². The number of carbonyl (C=O) groups is 2. The molecule has 1 rings (SSSR count). The fraction of sp³-hybridized carbons (Fsp3) is 0.500. The summed E-state index contributed by atoms with van der Waals surface area (Å²) in [5, 5.41) is 8.84. The third-order valence-electron chi connectivity index (χ3n) is 2.89. The quantitative estimate of drug-likeness (QED) is 0.721. The first-order valence-electron chi connectivity index (χ1n) is 7.36. The maximum absolute atomic E-state index is 11.8. The van der Waals surface area contributed by atoms with Crippen molar-refractivity contribution in [2.75, 3.05) is 11.9 Å². The second-order valence-electron chi connectivity index (χ2n) is 5.42. The minimum Gasteiger partial charge on any atom is -0.350 e. The number of hydrogen-bond acceptors (Lipinski definition) is 3. The number of benzene rings is 1. The second-order valence-corrected chi connectivity index (χ2v) is 5.42. The van der Waals surface area contributed by atoms with Crippen LogP contribution in [-0.4, -0.2) is 30.4 Å². The standard InChI is InChI=1S/C16H25N3O2/c1-5-17-12(4)10-15(20)19-14-8-6-13(7-9-14)16(21)18-11(2)3/h6-9,11-12,17H,5,10H2,1-4H3,(H,18,21)(H,19,20). The Bertz CT molecular complexity index is 469. The van der Waals surface area contributed by atoms with Gasteiger partial charge in [-0.05, 0) is 51.6 Å². The van der Waals surface area contributed by atoms with Crippen LogP contribution in [0.5, 0.6) is 0 Å². The first-order chi connectivity index (χ1) is 9.92. The molecule has 1 unspecified atom stereocenters. The Morgan fingerprint density at radius 3 is 2.24 bits per heavy atom. The number of amides is 2. The molecule has 0 aliphatic carbocycles. The van der Waals surface area contributed by atoms with E-state index < -0.39 is 0 Å². The Labute approximate surface area is 126 Å². The number of anilines is 1. The molecule has 1 aromatic carbocycles. The molecule has 0 saturated heterocycles. The molecule has 116 valence electrons. The summed E-state index contributed by atoms with van der Waals surface area (Å²) in [6.45, 7) is 8.65. The minimum atomic E-state index is -0.108. The predicted molar refractivity (Wildman–Crippen MR) is 85.4 cm³/mol. The van der Waals surface area contributed by atoms with E-state index in [4.69, 9.17) is 0 Å². The summed E-state index contributed by atoms with van der Waals surface area (Å²) >= 11 is 0. The molecule has 0 spiro atoms. The van der Waals surface area contributed by atoms with Crippen molar-refractivity contribution in [3.05, 3.63) is 29.8 Å². The molecular weight excluding hydrogens is 266 g/mol. The van der Waals surface area contributed by atoms with Gasteiger partial charge in [0.15, 0.2) is 0 Å². The van der Waals surface area contributed by atoms with Crippen LogP contribution in [0.3, 0.4) is 0 Å². The van der Waals surface area contributed by atoms with E-state index in [1.54, 1.807) is 24.3 Å². The Morgan fingerprint density at radius 1 is 1.10 bits per heavy atom. The molecule has 21 heavy (non-hydrogen) atoms. The van der Waals surface area contributed by atoms with Crippen molar-refractivity contribution in [2.24, 2.45) is 0 Å².